The van der Waals surface area contributed by atoms with E-state index in [1.54, 1.807) is 13.3 Å². The lowest BCUT2D eigenvalue weighted by Crippen LogP contribution is -2.45. The zero-order valence-electron chi connectivity index (χ0n) is 20.0. The number of methoxy groups -OCH3 is 1. The molecule has 170 valence electrons. The van der Waals surface area contributed by atoms with Crippen LogP contribution in [0, 0.1) is 0 Å². The van der Waals surface area contributed by atoms with Gasteiger partial charge >= 0.3 is 0 Å². The van der Waals surface area contributed by atoms with Crippen molar-refractivity contribution in [1.29, 1.82) is 0 Å². The van der Waals surface area contributed by atoms with Gasteiger partial charge in [-0.2, -0.15) is 5.10 Å². The van der Waals surface area contributed by atoms with E-state index >= 15 is 0 Å². The fourth-order valence-corrected chi connectivity index (χ4v) is 4.67. The minimum Gasteiger partial charge on any atom is -0.496 e. The maximum Gasteiger partial charge on any atom is 0.271 e. The summed E-state index contributed by atoms with van der Waals surface area (Å²) in [4.78, 5) is 15.2. The van der Waals surface area contributed by atoms with E-state index in [2.05, 4.69) is 61.3 Å². The van der Waals surface area contributed by atoms with Crippen molar-refractivity contribution in [3.8, 4) is 5.75 Å². The van der Waals surface area contributed by atoms with E-state index in [0.29, 0.717) is 5.56 Å². The second-order valence-electron chi connectivity index (χ2n) is 8.97. The number of benzene rings is 3. The lowest BCUT2D eigenvalue weighted by atomic mass is 9.87. The maximum atomic E-state index is 12.8. The van der Waals surface area contributed by atoms with Crippen LogP contribution >= 0.6 is 0 Å². The number of hydrogen-bond donors (Lipinski definition) is 1. The van der Waals surface area contributed by atoms with Gasteiger partial charge in [-0.1, -0.05) is 49.4 Å². The van der Waals surface area contributed by atoms with Gasteiger partial charge in [-0.25, -0.2) is 5.43 Å². The zero-order chi connectivity index (χ0) is 23.6. The Hall–Kier alpha value is -3.60. The highest BCUT2D eigenvalue weighted by Gasteiger charge is 2.31. The van der Waals surface area contributed by atoms with Crippen molar-refractivity contribution < 1.29 is 9.53 Å². The van der Waals surface area contributed by atoms with E-state index in [0.717, 1.165) is 46.3 Å². The first-order valence-electron chi connectivity index (χ1n) is 11.4. The molecule has 1 heterocycles. The average molecular weight is 442 g/mol. The highest BCUT2D eigenvalue weighted by atomic mass is 16.5. The number of ether oxygens (including phenoxy) is 1. The van der Waals surface area contributed by atoms with E-state index in [9.17, 15) is 4.79 Å². The van der Waals surface area contributed by atoms with Crippen molar-refractivity contribution in [2.45, 2.75) is 39.7 Å². The summed E-state index contributed by atoms with van der Waals surface area (Å²) in [6.45, 7) is 9.76. The van der Waals surface area contributed by atoms with Gasteiger partial charge in [-0.3, -0.25) is 4.79 Å². The Morgan fingerprint density at radius 3 is 2.67 bits per heavy atom. The van der Waals surface area contributed by atoms with Crippen molar-refractivity contribution in [3.05, 3.63) is 77.4 Å². The SMILES string of the molecule is CCCN1c2cc(OC)c(/C=N\NC(=O)c3cccc4ccccc34)cc2C(C)=CC1(C)C. The summed E-state index contributed by atoms with van der Waals surface area (Å²) in [6, 6.07) is 17.7. The lowest BCUT2D eigenvalue weighted by molar-refractivity contribution is 0.0957. The van der Waals surface area contributed by atoms with Gasteiger partial charge in [0.05, 0.1) is 18.9 Å². The van der Waals surface area contributed by atoms with Gasteiger partial charge in [0.15, 0.2) is 0 Å². The number of anilines is 1. The van der Waals surface area contributed by atoms with Crippen molar-refractivity contribution in [2.75, 3.05) is 18.6 Å². The number of fused-ring (bicyclic) bond motifs is 2. The first-order chi connectivity index (χ1) is 15.9. The Morgan fingerprint density at radius 1 is 1.15 bits per heavy atom. The summed E-state index contributed by atoms with van der Waals surface area (Å²) in [5.74, 6) is 0.482. The molecule has 3 aromatic rings. The Kier molecular flexibility index (Phi) is 6.23. The molecule has 0 unspecified atom stereocenters. The van der Waals surface area contributed by atoms with Gasteiger partial charge in [0.25, 0.3) is 5.91 Å². The van der Waals surface area contributed by atoms with Crippen LogP contribution in [-0.4, -0.2) is 31.3 Å². The van der Waals surface area contributed by atoms with Crippen molar-refractivity contribution in [1.82, 2.24) is 5.43 Å². The van der Waals surface area contributed by atoms with Crippen LogP contribution in [0.3, 0.4) is 0 Å². The monoisotopic (exact) mass is 441 g/mol. The fourth-order valence-electron chi connectivity index (χ4n) is 4.67. The van der Waals surface area contributed by atoms with Crippen LogP contribution in [0.4, 0.5) is 5.69 Å². The zero-order valence-corrected chi connectivity index (χ0v) is 20.0. The van der Waals surface area contributed by atoms with E-state index in [1.165, 1.54) is 5.57 Å². The van der Waals surface area contributed by atoms with E-state index in [4.69, 9.17) is 4.74 Å². The van der Waals surface area contributed by atoms with E-state index < -0.39 is 0 Å². The van der Waals surface area contributed by atoms with Crippen LogP contribution in [0.15, 0.2) is 65.8 Å². The number of hydrazone groups is 1. The van der Waals surface area contributed by atoms with Crippen LogP contribution < -0.4 is 15.1 Å². The van der Waals surface area contributed by atoms with Crippen LogP contribution in [0.1, 0.15) is 55.6 Å². The Bertz CT molecular complexity index is 1250. The van der Waals surface area contributed by atoms with Crippen LogP contribution in [-0.2, 0) is 0 Å². The molecule has 0 bridgehead atoms. The molecular weight excluding hydrogens is 410 g/mol. The molecule has 3 aromatic carbocycles. The standard InChI is InChI=1S/C28H31N3O2/c1-6-14-31-25-16-26(33-5)21(15-24(25)19(2)17-28(31,3)4)18-29-30-27(32)23-13-9-11-20-10-7-8-12-22(20)23/h7-13,15-18H,6,14H2,1-5H3,(H,30,32)/b29-18-. The lowest BCUT2D eigenvalue weighted by Gasteiger charge is -2.43. The summed E-state index contributed by atoms with van der Waals surface area (Å²) in [5.41, 5.74) is 7.56. The van der Waals surface area contributed by atoms with Crippen molar-refractivity contribution in [3.63, 3.8) is 0 Å². The smallest absolute Gasteiger partial charge is 0.271 e. The molecule has 1 N–H and O–H groups in total. The predicted molar refractivity (Wildman–Crippen MR) is 137 cm³/mol. The molecule has 0 saturated carbocycles. The molecule has 1 aliphatic rings. The molecule has 0 fully saturated rings. The Labute approximate surface area is 195 Å². The third-order valence-corrected chi connectivity index (χ3v) is 6.18. The van der Waals surface area contributed by atoms with Gasteiger partial charge in [-0.05, 0) is 55.7 Å². The molecule has 1 aliphatic heterocycles. The molecule has 0 saturated heterocycles. The number of carbonyl (C=O) groups excluding carboxylic acids is 1. The number of allylic oxidation sites excluding steroid dienone is 1. The summed E-state index contributed by atoms with van der Waals surface area (Å²) in [5, 5.41) is 6.18. The molecule has 0 aromatic heterocycles. The first kappa shape index (κ1) is 22.6. The Morgan fingerprint density at radius 2 is 1.91 bits per heavy atom. The van der Waals surface area contributed by atoms with E-state index in [1.807, 2.05) is 42.5 Å². The van der Waals surface area contributed by atoms with Crippen LogP contribution in [0.5, 0.6) is 5.75 Å². The number of amides is 1. The molecule has 5 nitrogen and oxygen atoms in total. The third-order valence-electron chi connectivity index (χ3n) is 6.18. The number of carbonyl (C=O) groups is 1. The third kappa shape index (κ3) is 4.36. The van der Waals surface area contributed by atoms with E-state index in [-0.39, 0.29) is 11.4 Å². The molecule has 5 heteroatoms. The predicted octanol–water partition coefficient (Wildman–Crippen LogP) is 6.02. The molecule has 0 radical (unpaired) electrons. The number of nitrogens with zero attached hydrogens (tertiary/aromatic N) is 2. The maximum absolute atomic E-state index is 12.8. The summed E-state index contributed by atoms with van der Waals surface area (Å²) in [7, 11) is 1.66. The second kappa shape index (κ2) is 9.10. The van der Waals surface area contributed by atoms with Gasteiger partial charge in [0, 0.05) is 35.0 Å². The normalized spacial score (nSPS) is 14.8. The molecule has 33 heavy (non-hydrogen) atoms. The number of nitrogens with one attached hydrogen (secondary N) is 1. The summed E-state index contributed by atoms with van der Waals surface area (Å²) < 4.78 is 5.69. The van der Waals surface area contributed by atoms with Crippen molar-refractivity contribution >= 4 is 34.2 Å². The largest absolute Gasteiger partial charge is 0.496 e. The topological polar surface area (TPSA) is 53.9 Å². The Balaban J connectivity index is 1.63. The molecule has 0 spiro atoms. The number of rotatable bonds is 6. The first-order valence-corrected chi connectivity index (χ1v) is 11.4. The minimum absolute atomic E-state index is 0.0693. The molecular formula is C28H31N3O2. The number of hydrogen-bond acceptors (Lipinski definition) is 4. The molecule has 0 atom stereocenters. The summed E-state index contributed by atoms with van der Waals surface area (Å²) in [6.07, 6.45) is 5.02. The highest BCUT2D eigenvalue weighted by Crippen LogP contribution is 2.41. The second-order valence-corrected chi connectivity index (χ2v) is 8.97. The molecule has 1 amide bonds. The quantitative estimate of drug-likeness (QED) is 0.376. The van der Waals surface area contributed by atoms with Gasteiger partial charge in [0.2, 0.25) is 0 Å². The molecule has 0 aliphatic carbocycles. The minimum atomic E-state index is -0.244. The van der Waals surface area contributed by atoms with Crippen LogP contribution in [0.25, 0.3) is 16.3 Å². The molecule has 4 rings (SSSR count). The van der Waals surface area contributed by atoms with Gasteiger partial charge in [-0.15, -0.1) is 0 Å². The summed E-state index contributed by atoms with van der Waals surface area (Å²) >= 11 is 0. The van der Waals surface area contributed by atoms with Crippen molar-refractivity contribution in [2.24, 2.45) is 5.10 Å². The fraction of sp³-hybridized carbons (Fsp3) is 0.286. The van der Waals surface area contributed by atoms with Gasteiger partial charge < -0.3 is 9.64 Å². The average Bonchev–Trinajstić information content (AvgIpc) is 2.80. The highest BCUT2D eigenvalue weighted by molar-refractivity contribution is 6.07. The van der Waals surface area contributed by atoms with Gasteiger partial charge in [0.1, 0.15) is 5.75 Å². The van der Waals surface area contributed by atoms with Crippen LogP contribution in [0.2, 0.25) is 0 Å².